The molecule has 0 aromatic heterocycles. The fourth-order valence-corrected chi connectivity index (χ4v) is 2.46. The fourth-order valence-electron chi connectivity index (χ4n) is 2.46. The van der Waals surface area contributed by atoms with Crippen molar-refractivity contribution in [1.29, 1.82) is 0 Å². The third kappa shape index (κ3) is 1.98. The molecule has 1 heteroatoms. The largest absolute Gasteiger partial charge is 0.393 e. The molecular weight excluding hydrogens is 172 g/mol. The quantitative estimate of drug-likeness (QED) is 0.722. The zero-order valence-electron chi connectivity index (χ0n) is 8.69. The predicted molar refractivity (Wildman–Crippen MR) is 58.2 cm³/mol. The molecule has 1 aliphatic carbocycles. The first-order chi connectivity index (χ1) is 6.77. The Morgan fingerprint density at radius 3 is 2.57 bits per heavy atom. The van der Waals surface area contributed by atoms with Crippen molar-refractivity contribution >= 4 is 0 Å². The smallest absolute Gasteiger partial charge is 0.0546 e. The highest BCUT2D eigenvalue weighted by Crippen LogP contribution is 2.37. The summed E-state index contributed by atoms with van der Waals surface area (Å²) in [7, 11) is 0. The summed E-state index contributed by atoms with van der Waals surface area (Å²) < 4.78 is 0. The molecule has 0 spiro atoms. The Hall–Kier alpha value is -0.820. The Balaban J connectivity index is 2.16. The third-order valence-electron chi connectivity index (χ3n) is 3.40. The molecular formula is C13H18O. The fraction of sp³-hybridized carbons (Fsp3) is 0.538. The van der Waals surface area contributed by atoms with Gasteiger partial charge in [0.1, 0.15) is 0 Å². The van der Waals surface area contributed by atoms with Crippen LogP contribution in [0.3, 0.4) is 0 Å². The van der Waals surface area contributed by atoms with Gasteiger partial charge in [-0.15, -0.1) is 0 Å². The SMILES string of the molecule is CC1CCC(O)CC1c1ccccc1. The second kappa shape index (κ2) is 4.14. The second-order valence-corrected chi connectivity index (χ2v) is 4.46. The van der Waals surface area contributed by atoms with E-state index in [1.165, 1.54) is 5.56 Å². The van der Waals surface area contributed by atoms with Crippen LogP contribution in [0.25, 0.3) is 0 Å². The minimum Gasteiger partial charge on any atom is -0.393 e. The Bertz CT molecular complexity index is 281. The molecule has 76 valence electrons. The van der Waals surface area contributed by atoms with Crippen LogP contribution in [0.5, 0.6) is 0 Å². The maximum absolute atomic E-state index is 9.66. The average molecular weight is 190 g/mol. The molecule has 0 amide bonds. The van der Waals surface area contributed by atoms with E-state index in [2.05, 4.69) is 31.2 Å². The highest BCUT2D eigenvalue weighted by molar-refractivity contribution is 5.20. The summed E-state index contributed by atoms with van der Waals surface area (Å²) >= 11 is 0. The predicted octanol–water partition coefficient (Wildman–Crippen LogP) is 2.95. The normalized spacial score (nSPS) is 32.9. The average Bonchev–Trinajstić information content (AvgIpc) is 2.23. The summed E-state index contributed by atoms with van der Waals surface area (Å²) in [6.45, 7) is 2.30. The summed E-state index contributed by atoms with van der Waals surface area (Å²) in [6, 6.07) is 10.6. The minimum atomic E-state index is -0.0867. The van der Waals surface area contributed by atoms with Crippen LogP contribution in [0, 0.1) is 5.92 Å². The van der Waals surface area contributed by atoms with Crippen molar-refractivity contribution in [2.24, 2.45) is 5.92 Å². The van der Waals surface area contributed by atoms with Gasteiger partial charge in [0.25, 0.3) is 0 Å². The van der Waals surface area contributed by atoms with E-state index < -0.39 is 0 Å². The van der Waals surface area contributed by atoms with Crippen LogP contribution >= 0.6 is 0 Å². The lowest BCUT2D eigenvalue weighted by Gasteiger charge is -2.32. The van der Waals surface area contributed by atoms with Gasteiger partial charge in [0.05, 0.1) is 6.10 Å². The molecule has 3 atom stereocenters. The minimum absolute atomic E-state index is 0.0867. The molecule has 1 N–H and O–H groups in total. The topological polar surface area (TPSA) is 20.2 Å². The molecule has 1 fully saturated rings. The van der Waals surface area contributed by atoms with Gasteiger partial charge in [-0.05, 0) is 36.7 Å². The van der Waals surface area contributed by atoms with Crippen molar-refractivity contribution < 1.29 is 5.11 Å². The van der Waals surface area contributed by atoms with E-state index in [0.29, 0.717) is 11.8 Å². The van der Waals surface area contributed by atoms with Gasteiger partial charge in [-0.2, -0.15) is 0 Å². The van der Waals surface area contributed by atoms with Gasteiger partial charge >= 0.3 is 0 Å². The van der Waals surface area contributed by atoms with Crippen LogP contribution in [-0.2, 0) is 0 Å². The van der Waals surface area contributed by atoms with Gasteiger partial charge < -0.3 is 5.11 Å². The molecule has 0 bridgehead atoms. The van der Waals surface area contributed by atoms with Crippen LogP contribution in [-0.4, -0.2) is 11.2 Å². The molecule has 3 unspecified atom stereocenters. The van der Waals surface area contributed by atoms with Crippen LogP contribution in [0.15, 0.2) is 30.3 Å². The van der Waals surface area contributed by atoms with E-state index in [9.17, 15) is 5.11 Å². The summed E-state index contributed by atoms with van der Waals surface area (Å²) in [5, 5.41) is 9.66. The van der Waals surface area contributed by atoms with Crippen LogP contribution in [0.4, 0.5) is 0 Å². The summed E-state index contributed by atoms with van der Waals surface area (Å²) in [5.74, 6) is 1.26. The van der Waals surface area contributed by atoms with Gasteiger partial charge in [-0.3, -0.25) is 0 Å². The Kier molecular flexibility index (Phi) is 2.87. The first kappa shape index (κ1) is 9.72. The highest BCUT2D eigenvalue weighted by Gasteiger charge is 2.27. The molecule has 0 heterocycles. The Labute approximate surface area is 85.8 Å². The van der Waals surface area contributed by atoms with E-state index in [4.69, 9.17) is 0 Å². The number of rotatable bonds is 1. The molecule has 0 radical (unpaired) electrons. The zero-order valence-corrected chi connectivity index (χ0v) is 8.69. The van der Waals surface area contributed by atoms with E-state index in [1.807, 2.05) is 6.07 Å². The lowest BCUT2D eigenvalue weighted by atomic mass is 9.75. The van der Waals surface area contributed by atoms with Gasteiger partial charge in [0, 0.05) is 0 Å². The highest BCUT2D eigenvalue weighted by atomic mass is 16.3. The van der Waals surface area contributed by atoms with Crippen LogP contribution in [0.2, 0.25) is 0 Å². The first-order valence-electron chi connectivity index (χ1n) is 5.50. The summed E-state index contributed by atoms with van der Waals surface area (Å²) in [6.07, 6.45) is 2.98. The third-order valence-corrected chi connectivity index (χ3v) is 3.40. The number of aliphatic hydroxyl groups excluding tert-OH is 1. The van der Waals surface area contributed by atoms with Crippen molar-refractivity contribution in [1.82, 2.24) is 0 Å². The zero-order chi connectivity index (χ0) is 9.97. The Morgan fingerprint density at radius 1 is 1.14 bits per heavy atom. The van der Waals surface area contributed by atoms with Crippen molar-refractivity contribution in [2.45, 2.75) is 38.2 Å². The second-order valence-electron chi connectivity index (χ2n) is 4.46. The molecule has 1 nitrogen and oxygen atoms in total. The molecule has 1 aromatic rings. The van der Waals surface area contributed by atoms with Gasteiger partial charge in [0.15, 0.2) is 0 Å². The van der Waals surface area contributed by atoms with E-state index >= 15 is 0 Å². The molecule has 2 rings (SSSR count). The molecule has 1 aromatic carbocycles. The maximum atomic E-state index is 9.66. The van der Waals surface area contributed by atoms with Crippen LogP contribution in [0.1, 0.15) is 37.7 Å². The standard InChI is InChI=1S/C13H18O/c1-10-7-8-12(14)9-13(10)11-5-3-2-4-6-11/h2-6,10,12-14H,7-9H2,1H3. The van der Waals surface area contributed by atoms with Crippen molar-refractivity contribution in [3.63, 3.8) is 0 Å². The number of benzene rings is 1. The lowest BCUT2D eigenvalue weighted by Crippen LogP contribution is -2.24. The molecule has 14 heavy (non-hydrogen) atoms. The molecule has 0 aliphatic heterocycles. The number of hydrogen-bond acceptors (Lipinski definition) is 1. The summed E-state index contributed by atoms with van der Waals surface area (Å²) in [4.78, 5) is 0. The van der Waals surface area contributed by atoms with Gasteiger partial charge in [-0.25, -0.2) is 0 Å². The van der Waals surface area contributed by atoms with Crippen molar-refractivity contribution in [3.05, 3.63) is 35.9 Å². The van der Waals surface area contributed by atoms with Gasteiger partial charge in [-0.1, -0.05) is 37.3 Å². The molecule has 0 saturated heterocycles. The molecule has 1 saturated carbocycles. The van der Waals surface area contributed by atoms with Gasteiger partial charge in [0.2, 0.25) is 0 Å². The number of hydrogen-bond donors (Lipinski definition) is 1. The van der Waals surface area contributed by atoms with E-state index in [0.717, 1.165) is 19.3 Å². The van der Waals surface area contributed by atoms with Crippen molar-refractivity contribution in [2.75, 3.05) is 0 Å². The number of aliphatic hydroxyl groups is 1. The Morgan fingerprint density at radius 2 is 1.86 bits per heavy atom. The maximum Gasteiger partial charge on any atom is 0.0546 e. The monoisotopic (exact) mass is 190 g/mol. The van der Waals surface area contributed by atoms with Crippen LogP contribution < -0.4 is 0 Å². The van der Waals surface area contributed by atoms with E-state index in [-0.39, 0.29) is 6.10 Å². The van der Waals surface area contributed by atoms with E-state index in [1.54, 1.807) is 0 Å². The molecule has 1 aliphatic rings. The lowest BCUT2D eigenvalue weighted by molar-refractivity contribution is 0.0982. The summed E-state index contributed by atoms with van der Waals surface area (Å²) in [5.41, 5.74) is 1.39. The van der Waals surface area contributed by atoms with Crippen molar-refractivity contribution in [3.8, 4) is 0 Å². The first-order valence-corrected chi connectivity index (χ1v) is 5.50.